The van der Waals surface area contributed by atoms with Gasteiger partial charge in [0.05, 0.1) is 6.10 Å². The van der Waals surface area contributed by atoms with Gasteiger partial charge in [-0.1, -0.05) is 13.8 Å². The maximum atomic E-state index is 7.00. The summed E-state index contributed by atoms with van der Waals surface area (Å²) in [4.78, 5) is 0. The zero-order valence-electron chi connectivity index (χ0n) is 8.00. The van der Waals surface area contributed by atoms with Gasteiger partial charge in [0.1, 0.15) is 0 Å². The second kappa shape index (κ2) is 5.56. The predicted molar refractivity (Wildman–Crippen MR) is 46.5 cm³/mol. The maximum absolute atomic E-state index is 7.00. The van der Waals surface area contributed by atoms with E-state index in [1.807, 2.05) is 0 Å². The molecular formula is C9H20O2. The van der Waals surface area contributed by atoms with E-state index in [4.69, 9.17) is 9.84 Å². The smallest absolute Gasteiger partial charge is 0.0575 e. The molecule has 0 amide bonds. The summed E-state index contributed by atoms with van der Waals surface area (Å²) in [5.74, 6) is 1.60. The van der Waals surface area contributed by atoms with Crippen molar-refractivity contribution in [2.45, 2.75) is 33.3 Å². The van der Waals surface area contributed by atoms with Gasteiger partial charge >= 0.3 is 0 Å². The van der Waals surface area contributed by atoms with Crippen LogP contribution in [-0.4, -0.2) is 24.9 Å². The molecule has 1 N–H and O–H groups in total. The standard InChI is InChI=1S/C8H16O.CH4O/c1-6-4-5-9-8(3)7(6)2;1-2/h6-8H,4-5H2,1-3H3;2H,1H3/t6?,7-,8?;/m1./s1. The minimum Gasteiger partial charge on any atom is -0.400 e. The number of hydrogen-bond acceptors (Lipinski definition) is 2. The molecular weight excluding hydrogens is 140 g/mol. The molecule has 1 fully saturated rings. The van der Waals surface area contributed by atoms with Gasteiger partial charge in [-0.3, -0.25) is 0 Å². The van der Waals surface area contributed by atoms with Crippen LogP contribution in [0.1, 0.15) is 27.2 Å². The maximum Gasteiger partial charge on any atom is 0.0575 e. The van der Waals surface area contributed by atoms with Gasteiger partial charge in [0.25, 0.3) is 0 Å². The second-order valence-corrected chi connectivity index (χ2v) is 3.20. The van der Waals surface area contributed by atoms with Crippen LogP contribution in [0, 0.1) is 11.8 Å². The first-order valence-corrected chi connectivity index (χ1v) is 4.28. The first-order chi connectivity index (χ1) is 5.22. The Morgan fingerprint density at radius 1 is 1.18 bits per heavy atom. The van der Waals surface area contributed by atoms with E-state index in [9.17, 15) is 0 Å². The van der Waals surface area contributed by atoms with E-state index in [0.29, 0.717) is 6.10 Å². The summed E-state index contributed by atoms with van der Waals surface area (Å²) < 4.78 is 5.46. The summed E-state index contributed by atoms with van der Waals surface area (Å²) in [5.41, 5.74) is 0. The monoisotopic (exact) mass is 160 g/mol. The molecule has 0 radical (unpaired) electrons. The first-order valence-electron chi connectivity index (χ1n) is 4.28. The Bertz CT molecular complexity index is 83.6. The Hall–Kier alpha value is -0.0800. The van der Waals surface area contributed by atoms with Crippen molar-refractivity contribution in [1.29, 1.82) is 0 Å². The lowest BCUT2D eigenvalue weighted by atomic mass is 9.87. The van der Waals surface area contributed by atoms with E-state index >= 15 is 0 Å². The van der Waals surface area contributed by atoms with Crippen LogP contribution in [0.15, 0.2) is 0 Å². The molecule has 1 aliphatic rings. The lowest BCUT2D eigenvalue weighted by Gasteiger charge is -2.31. The van der Waals surface area contributed by atoms with Crippen LogP contribution in [0.3, 0.4) is 0 Å². The second-order valence-electron chi connectivity index (χ2n) is 3.20. The normalized spacial score (nSPS) is 37.4. The minimum atomic E-state index is 0.480. The summed E-state index contributed by atoms with van der Waals surface area (Å²) in [6, 6.07) is 0. The molecule has 1 heterocycles. The number of hydrogen-bond donors (Lipinski definition) is 1. The van der Waals surface area contributed by atoms with Crippen molar-refractivity contribution < 1.29 is 9.84 Å². The fourth-order valence-electron chi connectivity index (χ4n) is 1.32. The molecule has 1 saturated heterocycles. The lowest BCUT2D eigenvalue weighted by Crippen LogP contribution is -2.30. The van der Waals surface area contributed by atoms with E-state index in [2.05, 4.69) is 20.8 Å². The fraction of sp³-hybridized carbons (Fsp3) is 1.00. The van der Waals surface area contributed by atoms with E-state index in [-0.39, 0.29) is 0 Å². The van der Waals surface area contributed by atoms with Crippen LogP contribution < -0.4 is 0 Å². The molecule has 0 saturated carbocycles. The third-order valence-electron chi connectivity index (χ3n) is 2.59. The van der Waals surface area contributed by atoms with Crippen LogP contribution in [0.2, 0.25) is 0 Å². The molecule has 0 spiro atoms. The summed E-state index contributed by atoms with van der Waals surface area (Å²) in [6.45, 7) is 7.71. The van der Waals surface area contributed by atoms with Crippen molar-refractivity contribution >= 4 is 0 Å². The first kappa shape index (κ1) is 10.9. The highest BCUT2D eigenvalue weighted by atomic mass is 16.5. The van der Waals surface area contributed by atoms with E-state index in [1.165, 1.54) is 6.42 Å². The molecule has 11 heavy (non-hydrogen) atoms. The number of ether oxygens (including phenoxy) is 1. The van der Waals surface area contributed by atoms with Gasteiger partial charge in [0.15, 0.2) is 0 Å². The molecule has 3 atom stereocenters. The number of aliphatic hydroxyl groups excluding tert-OH is 1. The highest BCUT2D eigenvalue weighted by Gasteiger charge is 2.23. The Balaban J connectivity index is 0.000000461. The van der Waals surface area contributed by atoms with Crippen molar-refractivity contribution in [3.05, 3.63) is 0 Å². The third kappa shape index (κ3) is 3.21. The lowest BCUT2D eigenvalue weighted by molar-refractivity contribution is -0.0345. The number of rotatable bonds is 0. The van der Waals surface area contributed by atoms with Crippen molar-refractivity contribution in [1.82, 2.24) is 0 Å². The fourth-order valence-corrected chi connectivity index (χ4v) is 1.32. The molecule has 2 unspecified atom stereocenters. The summed E-state index contributed by atoms with van der Waals surface area (Å²) in [6.07, 6.45) is 1.72. The zero-order valence-corrected chi connectivity index (χ0v) is 8.00. The molecule has 0 bridgehead atoms. The van der Waals surface area contributed by atoms with Gasteiger partial charge in [-0.2, -0.15) is 0 Å². The van der Waals surface area contributed by atoms with Gasteiger partial charge in [-0.25, -0.2) is 0 Å². The molecule has 0 aliphatic carbocycles. The Morgan fingerprint density at radius 3 is 2.09 bits per heavy atom. The summed E-state index contributed by atoms with van der Waals surface area (Å²) in [5, 5.41) is 7.00. The van der Waals surface area contributed by atoms with Gasteiger partial charge in [0, 0.05) is 13.7 Å². The number of aliphatic hydroxyl groups is 1. The van der Waals surface area contributed by atoms with E-state index in [0.717, 1.165) is 25.6 Å². The largest absolute Gasteiger partial charge is 0.400 e. The summed E-state index contributed by atoms with van der Waals surface area (Å²) >= 11 is 0. The van der Waals surface area contributed by atoms with E-state index < -0.39 is 0 Å². The molecule has 0 aromatic carbocycles. The van der Waals surface area contributed by atoms with Gasteiger partial charge < -0.3 is 9.84 Å². The zero-order chi connectivity index (χ0) is 8.85. The average molecular weight is 160 g/mol. The average Bonchev–Trinajstić information content (AvgIpc) is 2.04. The Morgan fingerprint density at radius 2 is 1.73 bits per heavy atom. The molecule has 2 heteroatoms. The van der Waals surface area contributed by atoms with Crippen molar-refractivity contribution in [2.75, 3.05) is 13.7 Å². The van der Waals surface area contributed by atoms with Crippen LogP contribution in [-0.2, 0) is 4.74 Å². The van der Waals surface area contributed by atoms with Crippen LogP contribution in [0.25, 0.3) is 0 Å². The molecule has 1 rings (SSSR count). The third-order valence-corrected chi connectivity index (χ3v) is 2.59. The molecule has 0 aromatic rings. The predicted octanol–water partition coefficient (Wildman–Crippen LogP) is 1.68. The molecule has 1 aliphatic heterocycles. The van der Waals surface area contributed by atoms with Gasteiger partial charge in [0.2, 0.25) is 0 Å². The highest BCUT2D eigenvalue weighted by Crippen LogP contribution is 2.25. The van der Waals surface area contributed by atoms with Crippen LogP contribution in [0.5, 0.6) is 0 Å². The van der Waals surface area contributed by atoms with Crippen molar-refractivity contribution in [3.63, 3.8) is 0 Å². The van der Waals surface area contributed by atoms with Gasteiger partial charge in [-0.15, -0.1) is 0 Å². The van der Waals surface area contributed by atoms with Crippen molar-refractivity contribution in [2.24, 2.45) is 11.8 Å². The quantitative estimate of drug-likeness (QED) is 0.584. The minimum absolute atomic E-state index is 0.480. The molecule has 0 aromatic heterocycles. The molecule has 68 valence electrons. The Labute approximate surface area is 69.6 Å². The summed E-state index contributed by atoms with van der Waals surface area (Å²) in [7, 11) is 1.00. The molecule has 2 nitrogen and oxygen atoms in total. The Kier molecular flexibility index (Phi) is 5.51. The van der Waals surface area contributed by atoms with Crippen molar-refractivity contribution in [3.8, 4) is 0 Å². The van der Waals surface area contributed by atoms with Crippen LogP contribution in [0.4, 0.5) is 0 Å². The van der Waals surface area contributed by atoms with Crippen LogP contribution >= 0.6 is 0 Å². The highest BCUT2D eigenvalue weighted by molar-refractivity contribution is 4.72. The SMILES string of the molecule is CC1CCOC(C)[C@@H]1C.CO. The van der Waals surface area contributed by atoms with E-state index in [1.54, 1.807) is 0 Å². The van der Waals surface area contributed by atoms with Gasteiger partial charge in [-0.05, 0) is 25.2 Å². The topological polar surface area (TPSA) is 29.5 Å².